The molecular weight excluding hydrogens is 691 g/mol. The number of pyridine rings is 1. The molecule has 2 aliphatic carbocycles. The summed E-state index contributed by atoms with van der Waals surface area (Å²) in [5.41, 5.74) is 16.6. The molecule has 0 radical (unpaired) electrons. The van der Waals surface area contributed by atoms with Gasteiger partial charge in [-0.05, 0) is 62.2 Å². The molecular formula is C54H33N3. The van der Waals surface area contributed by atoms with Gasteiger partial charge in [-0.15, -0.1) is 0 Å². The summed E-state index contributed by atoms with van der Waals surface area (Å²) in [6.45, 7) is 0. The molecule has 0 aliphatic heterocycles. The van der Waals surface area contributed by atoms with Crippen LogP contribution in [0.4, 0.5) is 0 Å². The zero-order valence-electron chi connectivity index (χ0n) is 30.9. The Morgan fingerprint density at radius 2 is 0.807 bits per heavy atom. The van der Waals surface area contributed by atoms with E-state index in [4.69, 9.17) is 15.0 Å². The van der Waals surface area contributed by atoms with Crippen molar-refractivity contribution in [2.24, 2.45) is 0 Å². The van der Waals surface area contributed by atoms with Crippen molar-refractivity contribution < 1.29 is 0 Å². The summed E-state index contributed by atoms with van der Waals surface area (Å²) in [6.07, 6.45) is 0. The summed E-state index contributed by atoms with van der Waals surface area (Å²) in [7, 11) is 0. The topological polar surface area (TPSA) is 38.7 Å². The molecule has 0 fully saturated rings. The van der Waals surface area contributed by atoms with Gasteiger partial charge in [-0.3, -0.25) is 0 Å². The van der Waals surface area contributed by atoms with Crippen LogP contribution in [-0.2, 0) is 5.41 Å². The monoisotopic (exact) mass is 723 g/mol. The highest BCUT2D eigenvalue weighted by molar-refractivity contribution is 6.07. The smallest absolute Gasteiger partial charge is 0.160 e. The van der Waals surface area contributed by atoms with Crippen LogP contribution in [0.3, 0.4) is 0 Å². The van der Waals surface area contributed by atoms with E-state index in [0.717, 1.165) is 61.2 Å². The highest BCUT2D eigenvalue weighted by Gasteiger charge is 2.53. The van der Waals surface area contributed by atoms with Crippen molar-refractivity contribution in [3.05, 3.63) is 222 Å². The first kappa shape index (κ1) is 31.8. The van der Waals surface area contributed by atoms with Gasteiger partial charge in [0.05, 0.1) is 28.2 Å². The second-order valence-electron chi connectivity index (χ2n) is 15.1. The molecule has 0 saturated heterocycles. The lowest BCUT2D eigenvalue weighted by Crippen LogP contribution is -2.26. The van der Waals surface area contributed by atoms with Crippen molar-refractivity contribution >= 4 is 21.5 Å². The zero-order valence-corrected chi connectivity index (χ0v) is 30.9. The third-order valence-electron chi connectivity index (χ3n) is 12.1. The second kappa shape index (κ2) is 12.3. The number of aromatic nitrogens is 3. The van der Waals surface area contributed by atoms with Crippen LogP contribution in [0, 0.1) is 0 Å². The summed E-state index contributed by atoms with van der Waals surface area (Å²) >= 11 is 0. The van der Waals surface area contributed by atoms with Gasteiger partial charge in [0, 0.05) is 38.8 Å². The second-order valence-corrected chi connectivity index (χ2v) is 15.1. The van der Waals surface area contributed by atoms with Crippen molar-refractivity contribution in [3.63, 3.8) is 0 Å². The fourth-order valence-corrected chi connectivity index (χ4v) is 9.62. The van der Waals surface area contributed by atoms with E-state index in [0.29, 0.717) is 5.82 Å². The number of hydrogen-bond donors (Lipinski definition) is 0. The Labute approximate surface area is 330 Å². The molecule has 3 nitrogen and oxygen atoms in total. The van der Waals surface area contributed by atoms with Crippen LogP contribution in [-0.4, -0.2) is 15.0 Å². The number of rotatable bonds is 4. The van der Waals surface area contributed by atoms with Crippen LogP contribution in [0.1, 0.15) is 22.3 Å². The van der Waals surface area contributed by atoms with Crippen molar-refractivity contribution in [2.45, 2.75) is 5.41 Å². The summed E-state index contributed by atoms with van der Waals surface area (Å²) in [5, 5.41) is 4.69. The fourth-order valence-electron chi connectivity index (χ4n) is 9.62. The molecule has 0 bridgehead atoms. The Hall–Kier alpha value is -7.49. The molecule has 0 unspecified atom stereocenters. The lowest BCUT2D eigenvalue weighted by atomic mass is 9.69. The minimum Gasteiger partial charge on any atom is -0.247 e. The molecule has 1 spiro atoms. The molecule has 0 atom stereocenters. The molecule has 2 aliphatic rings. The van der Waals surface area contributed by atoms with Crippen molar-refractivity contribution in [1.29, 1.82) is 0 Å². The van der Waals surface area contributed by atoms with Crippen LogP contribution >= 0.6 is 0 Å². The van der Waals surface area contributed by atoms with Crippen molar-refractivity contribution in [2.75, 3.05) is 0 Å². The van der Waals surface area contributed by atoms with Crippen LogP contribution in [0.15, 0.2) is 200 Å². The van der Waals surface area contributed by atoms with Crippen molar-refractivity contribution in [1.82, 2.24) is 15.0 Å². The summed E-state index contributed by atoms with van der Waals surface area (Å²) in [4.78, 5) is 15.8. The van der Waals surface area contributed by atoms with Gasteiger partial charge >= 0.3 is 0 Å². The Morgan fingerprint density at radius 3 is 1.47 bits per heavy atom. The van der Waals surface area contributed by atoms with Crippen LogP contribution in [0.2, 0.25) is 0 Å². The number of fused-ring (bicyclic) bond motifs is 13. The van der Waals surface area contributed by atoms with Gasteiger partial charge < -0.3 is 0 Å². The molecule has 10 aromatic rings. The highest BCUT2D eigenvalue weighted by atomic mass is 14.9. The maximum Gasteiger partial charge on any atom is 0.160 e. The van der Waals surface area contributed by atoms with Gasteiger partial charge in [0.25, 0.3) is 0 Å². The van der Waals surface area contributed by atoms with E-state index in [9.17, 15) is 0 Å². The van der Waals surface area contributed by atoms with Crippen LogP contribution in [0.5, 0.6) is 0 Å². The standard InChI is InChI=1S/C54H33N3/c1-3-15-34(16-4-1)48-33-49(56-53(55-48)35-17-5-2-6-18-35)38-29-27-37-32-39(30-28-36(37)31-38)51-43-22-8-7-21-42(43)50-52(57-51)44-23-11-14-26-47(44)54(50)45-24-12-9-19-40(45)41-20-10-13-25-46(41)54/h1-33H. The lowest BCUT2D eigenvalue weighted by molar-refractivity contribution is 0.799. The van der Waals surface area contributed by atoms with Crippen LogP contribution in [0.25, 0.3) is 89.1 Å². The SMILES string of the molecule is c1ccc(-c2cc(-c3ccc4cc(-c5nc6c(c7ccccc57)C5(c7ccccc7-c7ccccc75)c5ccccc5-6)ccc4c3)nc(-c3ccccc3)n2)cc1. The average molecular weight is 724 g/mol. The van der Waals surface area contributed by atoms with E-state index < -0.39 is 5.41 Å². The molecule has 57 heavy (non-hydrogen) atoms. The number of nitrogens with zero attached hydrogens (tertiary/aromatic N) is 3. The molecule has 264 valence electrons. The lowest BCUT2D eigenvalue weighted by Gasteiger charge is -2.31. The minimum absolute atomic E-state index is 0.453. The van der Waals surface area contributed by atoms with E-state index in [2.05, 4.69) is 176 Å². The molecule has 2 aromatic heterocycles. The Balaban J connectivity index is 1.03. The predicted molar refractivity (Wildman–Crippen MR) is 233 cm³/mol. The van der Waals surface area contributed by atoms with Gasteiger partial charge in [0.2, 0.25) is 0 Å². The third kappa shape index (κ3) is 4.63. The fraction of sp³-hybridized carbons (Fsp3) is 0.0185. The third-order valence-corrected chi connectivity index (χ3v) is 12.1. The first-order valence-corrected chi connectivity index (χ1v) is 19.5. The average Bonchev–Trinajstić information content (AvgIpc) is 3.76. The molecule has 0 amide bonds. The molecule has 0 saturated carbocycles. The first-order valence-electron chi connectivity index (χ1n) is 19.5. The highest BCUT2D eigenvalue weighted by Crippen LogP contribution is 2.64. The molecule has 3 heteroatoms. The van der Waals surface area contributed by atoms with Crippen LogP contribution < -0.4 is 0 Å². The summed E-state index contributed by atoms with van der Waals surface area (Å²) in [6, 6.07) is 71.8. The molecule has 12 rings (SSSR count). The normalized spacial score (nSPS) is 13.1. The van der Waals surface area contributed by atoms with Gasteiger partial charge in [-0.25, -0.2) is 15.0 Å². The van der Waals surface area contributed by atoms with Gasteiger partial charge in [0.15, 0.2) is 5.82 Å². The quantitative estimate of drug-likeness (QED) is 0.181. The number of hydrogen-bond acceptors (Lipinski definition) is 3. The van der Waals surface area contributed by atoms with E-state index in [1.54, 1.807) is 0 Å². The summed E-state index contributed by atoms with van der Waals surface area (Å²) in [5.74, 6) is 0.713. The van der Waals surface area contributed by atoms with Gasteiger partial charge in [0.1, 0.15) is 0 Å². The largest absolute Gasteiger partial charge is 0.247 e. The number of benzene rings is 8. The maximum atomic E-state index is 5.69. The van der Waals surface area contributed by atoms with E-state index >= 15 is 0 Å². The molecule has 2 heterocycles. The molecule has 8 aromatic carbocycles. The van der Waals surface area contributed by atoms with E-state index in [1.807, 2.05) is 24.3 Å². The maximum absolute atomic E-state index is 5.69. The Kier molecular flexibility index (Phi) is 6.84. The van der Waals surface area contributed by atoms with Gasteiger partial charge in [-0.1, -0.05) is 182 Å². The Bertz CT molecular complexity index is 3140. The minimum atomic E-state index is -0.453. The van der Waals surface area contributed by atoms with E-state index in [-0.39, 0.29) is 0 Å². The first-order chi connectivity index (χ1) is 28.3. The van der Waals surface area contributed by atoms with E-state index in [1.165, 1.54) is 44.3 Å². The zero-order chi connectivity index (χ0) is 37.5. The predicted octanol–water partition coefficient (Wildman–Crippen LogP) is 13.2. The molecule has 0 N–H and O–H groups in total. The Morgan fingerprint density at radius 1 is 0.316 bits per heavy atom. The van der Waals surface area contributed by atoms with Crippen molar-refractivity contribution in [3.8, 4) is 67.5 Å². The summed E-state index contributed by atoms with van der Waals surface area (Å²) < 4.78 is 0. The van der Waals surface area contributed by atoms with Gasteiger partial charge in [-0.2, -0.15) is 0 Å².